The van der Waals surface area contributed by atoms with E-state index in [-0.39, 0.29) is 28.2 Å². The lowest BCUT2D eigenvalue weighted by molar-refractivity contribution is -0.0209. The highest BCUT2D eigenvalue weighted by Crippen LogP contribution is 2.77. The largest absolute Gasteiger partial charge is 0.497 e. The number of nitrogens with zero attached hydrogens (tertiary/aromatic N) is 2. The van der Waals surface area contributed by atoms with E-state index in [9.17, 15) is 10.5 Å². The molecule has 12 heteroatoms. The molecule has 0 saturated heterocycles. The van der Waals surface area contributed by atoms with Gasteiger partial charge in [0.1, 0.15) is 49.9 Å². The van der Waals surface area contributed by atoms with Gasteiger partial charge in [0.05, 0.1) is 43.4 Å². The Morgan fingerprint density at radius 1 is 0.640 bits per heavy atom. The van der Waals surface area contributed by atoms with Crippen LogP contribution in [0.3, 0.4) is 0 Å². The van der Waals surface area contributed by atoms with E-state index in [0.717, 1.165) is 0 Å². The number of benzene rings is 4. The Kier molecular flexibility index (Phi) is 7.25. The van der Waals surface area contributed by atoms with Gasteiger partial charge in [0.25, 0.3) is 5.92 Å². The number of nitriles is 2. The van der Waals surface area contributed by atoms with Crippen LogP contribution in [0.5, 0.6) is 11.5 Å². The highest BCUT2D eigenvalue weighted by Gasteiger charge is 2.78. The average Bonchev–Trinajstić information content (AvgIpc) is 3.68. The summed E-state index contributed by atoms with van der Waals surface area (Å²) in [5.41, 5.74) is 1.07. The molecule has 50 heavy (non-hydrogen) atoms. The van der Waals surface area contributed by atoms with E-state index in [0.29, 0.717) is 50.1 Å². The molecule has 2 heterocycles. The van der Waals surface area contributed by atoms with Gasteiger partial charge in [-0.05, 0) is 59.7 Å². The Labute approximate surface area is 292 Å². The molecule has 250 valence electrons. The molecule has 6 aromatic rings. The smallest absolute Gasteiger partial charge is 0.271 e. The fraction of sp³-hybridized carbons (Fsp3) is 0.211. The van der Waals surface area contributed by atoms with Crippen molar-refractivity contribution in [2.75, 3.05) is 14.2 Å². The predicted octanol–water partition coefficient (Wildman–Crippen LogP) is 9.14. The molecule has 0 radical (unpaired) electrons. The molecule has 0 N–H and O–H groups in total. The van der Waals surface area contributed by atoms with E-state index in [4.69, 9.17) is 18.3 Å². The maximum Gasteiger partial charge on any atom is 0.271 e. The molecule has 2 aromatic heterocycles. The van der Waals surface area contributed by atoms with Gasteiger partial charge in [-0.2, -0.15) is 10.5 Å². The van der Waals surface area contributed by atoms with Gasteiger partial charge in [-0.25, -0.2) is 13.2 Å². The maximum absolute atomic E-state index is 17.9. The van der Waals surface area contributed by atoms with Crippen LogP contribution in [0.1, 0.15) is 56.7 Å². The Bertz CT molecular complexity index is 2270. The van der Waals surface area contributed by atoms with E-state index >= 15 is 13.2 Å². The number of ether oxygens (including phenoxy) is 2. The van der Waals surface area contributed by atoms with E-state index in [1.165, 1.54) is 14.2 Å². The van der Waals surface area contributed by atoms with Crippen LogP contribution in [0.25, 0.3) is 21.9 Å². The molecule has 6 atom stereocenters. The molecule has 2 aliphatic rings. The third-order valence-electron chi connectivity index (χ3n) is 10.4. The van der Waals surface area contributed by atoms with Crippen LogP contribution in [0.4, 0.5) is 13.2 Å². The summed E-state index contributed by atoms with van der Waals surface area (Å²) < 4.78 is 77.4. The summed E-state index contributed by atoms with van der Waals surface area (Å²) in [6, 6.07) is 27.7. The molecular weight excluding hydrogens is 698 g/mol. The maximum atomic E-state index is 17.9. The van der Waals surface area contributed by atoms with E-state index in [1.54, 1.807) is 84.9 Å². The zero-order valence-corrected chi connectivity index (χ0v) is 30.1. The first kappa shape index (κ1) is 32.8. The van der Waals surface area contributed by atoms with Crippen molar-refractivity contribution >= 4 is 49.7 Å². The predicted molar refractivity (Wildman–Crippen MR) is 193 cm³/mol. The summed E-state index contributed by atoms with van der Waals surface area (Å²) in [6.45, 7) is 0. The van der Waals surface area contributed by atoms with Crippen molar-refractivity contribution < 1.29 is 31.5 Å². The van der Waals surface area contributed by atoms with Crippen LogP contribution in [0.2, 0.25) is 0 Å². The van der Waals surface area contributed by atoms with Crippen LogP contribution in [-0.2, 0) is 5.41 Å². The lowest BCUT2D eigenvalue weighted by atomic mass is 9.68. The second-order valence-electron chi connectivity index (χ2n) is 12.8. The number of rotatable bonds is 4. The van der Waals surface area contributed by atoms with Crippen molar-refractivity contribution in [3.8, 4) is 23.6 Å². The highest BCUT2D eigenvalue weighted by atomic mass is 31.1. The number of methoxy groups -OCH3 is 2. The Balaban J connectivity index is 1.66. The Hall–Kier alpha value is -4.38. The zero-order valence-electron chi connectivity index (χ0n) is 26.6. The van der Waals surface area contributed by atoms with Gasteiger partial charge in [0.15, 0.2) is 0 Å². The average molecular weight is 727 g/mol. The van der Waals surface area contributed by atoms with Crippen molar-refractivity contribution in [2.45, 2.75) is 33.5 Å². The first-order valence-electron chi connectivity index (χ1n) is 15.5. The number of hydrogen-bond acceptors (Lipinski definition) is 6. The molecule has 6 unspecified atom stereocenters. The van der Waals surface area contributed by atoms with Crippen molar-refractivity contribution in [3.05, 3.63) is 130 Å². The second kappa shape index (κ2) is 11.1. The monoisotopic (exact) mass is 726 g/mol. The normalized spacial score (nSPS) is 22.5. The molecule has 8 rings (SSSR count). The van der Waals surface area contributed by atoms with Crippen LogP contribution in [0.15, 0.2) is 93.8 Å². The first-order chi connectivity index (χ1) is 23.9. The highest BCUT2D eigenvalue weighted by molar-refractivity contribution is 7.42. The van der Waals surface area contributed by atoms with Gasteiger partial charge >= 0.3 is 0 Å². The van der Waals surface area contributed by atoms with Crippen molar-refractivity contribution in [2.24, 2.45) is 0 Å². The van der Waals surface area contributed by atoms with Gasteiger partial charge in [-0.15, -0.1) is 18.5 Å². The topological polar surface area (TPSA) is 92.3 Å². The quantitative estimate of drug-likeness (QED) is 0.168. The molecule has 1 fully saturated rings. The Morgan fingerprint density at radius 3 is 1.46 bits per heavy atom. The standard InChI is InChI=1S/C38H28F3N2O4P3/c1-44-23-11-13-25-27(15-23)46-33-29(25)31-32(37(41,48)38(49,50)36(31,39)40)30-26-14-12-24(45-2)16-28(26)47-34(30)35(33,21-7-3-19(17-42)4-8-21)22-9-5-20(18-43)6-10-22/h3-16,31-32H,48-50H2,1-2H3. The van der Waals surface area contributed by atoms with Crippen LogP contribution >= 0.6 is 27.7 Å². The first-order valence-corrected chi connectivity index (χ1v) is 17.3. The third kappa shape index (κ3) is 4.06. The van der Waals surface area contributed by atoms with Crippen LogP contribution in [0, 0.1) is 22.7 Å². The molecule has 0 bridgehead atoms. The lowest BCUT2D eigenvalue weighted by Gasteiger charge is -2.38. The van der Waals surface area contributed by atoms with E-state index < -0.39 is 33.5 Å². The summed E-state index contributed by atoms with van der Waals surface area (Å²) in [4.78, 5) is -2.33. The molecule has 2 aliphatic carbocycles. The van der Waals surface area contributed by atoms with Gasteiger partial charge in [0.2, 0.25) is 0 Å². The molecule has 6 nitrogen and oxygen atoms in total. The van der Waals surface area contributed by atoms with Gasteiger partial charge < -0.3 is 18.3 Å². The third-order valence-corrected chi connectivity index (χ3v) is 13.6. The van der Waals surface area contributed by atoms with Crippen molar-refractivity contribution in [1.29, 1.82) is 10.5 Å². The minimum absolute atomic E-state index is 0.100. The molecule has 4 aromatic carbocycles. The lowest BCUT2D eigenvalue weighted by Crippen LogP contribution is -2.44. The van der Waals surface area contributed by atoms with Crippen molar-refractivity contribution in [1.82, 2.24) is 0 Å². The number of fused-ring (bicyclic) bond motifs is 9. The van der Waals surface area contributed by atoms with E-state index in [1.807, 2.05) is 0 Å². The molecule has 0 amide bonds. The summed E-state index contributed by atoms with van der Waals surface area (Å²) in [5, 5.41) is 17.6. The minimum atomic E-state index is -3.69. The SMILES string of the molecule is COc1ccc2c3c(oc2c1)C(c1ccc(C#N)cc1)(c1ccc(C#N)cc1)c1oc2cc(OC)ccc2c1C1C3C(F)(F)C(P)(P)C1(F)P. The van der Waals surface area contributed by atoms with Crippen molar-refractivity contribution in [3.63, 3.8) is 0 Å². The van der Waals surface area contributed by atoms with E-state index in [2.05, 4.69) is 39.9 Å². The van der Waals surface area contributed by atoms with Gasteiger partial charge in [0, 0.05) is 39.9 Å². The fourth-order valence-electron chi connectivity index (χ4n) is 7.95. The van der Waals surface area contributed by atoms with Gasteiger partial charge in [-0.1, -0.05) is 33.5 Å². The second-order valence-corrected chi connectivity index (χ2v) is 16.1. The molecule has 0 spiro atoms. The number of alkyl halides is 3. The summed E-state index contributed by atoms with van der Waals surface area (Å²) in [7, 11) is 9.27. The molecule has 1 saturated carbocycles. The number of hydrogen-bond donors (Lipinski definition) is 0. The Morgan fingerprint density at radius 2 is 1.06 bits per heavy atom. The number of furan rings is 2. The number of halogens is 3. The van der Waals surface area contributed by atoms with Gasteiger partial charge in [-0.3, -0.25) is 0 Å². The van der Waals surface area contributed by atoms with Crippen LogP contribution in [-0.4, -0.2) is 30.4 Å². The van der Waals surface area contributed by atoms with Crippen LogP contribution < -0.4 is 9.47 Å². The summed E-state index contributed by atoms with van der Waals surface area (Å²) in [6.07, 6.45) is 0. The minimum Gasteiger partial charge on any atom is -0.497 e. The molecular formula is C38H28F3N2O4P3. The molecule has 0 aliphatic heterocycles. The fourth-order valence-corrected chi connectivity index (χ4v) is 9.22. The summed E-state index contributed by atoms with van der Waals surface area (Å²) >= 11 is 0. The summed E-state index contributed by atoms with van der Waals surface area (Å²) in [5.74, 6) is -5.77. The zero-order chi connectivity index (χ0) is 35.4.